The lowest BCUT2D eigenvalue weighted by molar-refractivity contribution is -0.138. The molecule has 2 rings (SSSR count). The number of rotatable bonds is 6. The molecule has 1 fully saturated rings. The van der Waals surface area contributed by atoms with Crippen molar-refractivity contribution in [3.05, 3.63) is 35.9 Å². The summed E-state index contributed by atoms with van der Waals surface area (Å²) in [5.74, 6) is -0.259. The van der Waals surface area contributed by atoms with Gasteiger partial charge in [-0.15, -0.1) is 0 Å². The van der Waals surface area contributed by atoms with Crippen LogP contribution in [0.5, 0.6) is 0 Å². The highest BCUT2D eigenvalue weighted by molar-refractivity contribution is 5.67. The van der Waals surface area contributed by atoms with Crippen LogP contribution in [-0.2, 0) is 11.2 Å². The monoisotopic (exact) mass is 261 g/mol. The van der Waals surface area contributed by atoms with Crippen molar-refractivity contribution < 1.29 is 9.90 Å². The number of benzene rings is 1. The summed E-state index contributed by atoms with van der Waals surface area (Å²) in [5, 5.41) is 8.79. The molecule has 0 unspecified atom stereocenters. The molecule has 1 heterocycles. The maximum absolute atomic E-state index is 10.7. The second-order valence-corrected chi connectivity index (χ2v) is 5.47. The molecule has 0 aromatic heterocycles. The van der Waals surface area contributed by atoms with E-state index in [1.807, 2.05) is 0 Å². The topological polar surface area (TPSA) is 40.5 Å². The fourth-order valence-electron chi connectivity index (χ4n) is 2.81. The zero-order chi connectivity index (χ0) is 13.5. The van der Waals surface area contributed by atoms with E-state index in [0.29, 0.717) is 12.3 Å². The van der Waals surface area contributed by atoms with Crippen molar-refractivity contribution >= 4 is 5.97 Å². The number of carboxylic acid groups (broad SMARTS) is 1. The fourth-order valence-corrected chi connectivity index (χ4v) is 2.81. The molecule has 1 saturated heterocycles. The van der Waals surface area contributed by atoms with Crippen molar-refractivity contribution in [2.75, 3.05) is 19.6 Å². The minimum absolute atomic E-state index is 0.345. The van der Waals surface area contributed by atoms with Crippen molar-refractivity contribution in [3.63, 3.8) is 0 Å². The highest BCUT2D eigenvalue weighted by Gasteiger charge is 2.20. The Morgan fingerprint density at radius 3 is 2.53 bits per heavy atom. The number of carbonyl (C=O) groups is 1. The summed E-state index contributed by atoms with van der Waals surface area (Å²) >= 11 is 0. The van der Waals surface area contributed by atoms with Crippen LogP contribution in [-0.4, -0.2) is 35.6 Å². The lowest BCUT2D eigenvalue weighted by Crippen LogP contribution is -2.35. The minimum Gasteiger partial charge on any atom is -0.481 e. The number of aryl methyl sites for hydroxylation is 1. The Hall–Kier alpha value is -1.35. The molecule has 3 nitrogen and oxygen atoms in total. The third-order valence-electron chi connectivity index (χ3n) is 3.95. The Bertz CT molecular complexity index is 383. The first-order valence-electron chi connectivity index (χ1n) is 7.22. The Morgan fingerprint density at radius 2 is 1.89 bits per heavy atom. The van der Waals surface area contributed by atoms with Crippen LogP contribution in [0.3, 0.4) is 0 Å². The van der Waals surface area contributed by atoms with Crippen molar-refractivity contribution in [3.8, 4) is 0 Å². The standard InChI is InChI=1S/C16H23NO2/c18-16(19)13-15-8-11-17(12-9-15)10-4-7-14-5-2-1-3-6-14/h1-3,5-6,15H,4,7-13H2,(H,18,19). The van der Waals surface area contributed by atoms with E-state index < -0.39 is 5.97 Å². The van der Waals surface area contributed by atoms with E-state index in [1.54, 1.807) is 0 Å². The molecule has 0 amide bonds. The zero-order valence-corrected chi connectivity index (χ0v) is 11.4. The average molecular weight is 261 g/mol. The molecule has 1 N–H and O–H groups in total. The van der Waals surface area contributed by atoms with Crippen LogP contribution >= 0.6 is 0 Å². The van der Waals surface area contributed by atoms with E-state index in [0.717, 1.165) is 38.9 Å². The van der Waals surface area contributed by atoms with Crippen molar-refractivity contribution in [1.29, 1.82) is 0 Å². The van der Waals surface area contributed by atoms with Crippen molar-refractivity contribution in [1.82, 2.24) is 4.90 Å². The van der Waals surface area contributed by atoms with Crippen molar-refractivity contribution in [2.45, 2.75) is 32.1 Å². The van der Waals surface area contributed by atoms with E-state index in [2.05, 4.69) is 35.2 Å². The summed E-state index contributed by atoms with van der Waals surface area (Å²) in [6.45, 7) is 3.26. The summed E-state index contributed by atoms with van der Waals surface area (Å²) in [5.41, 5.74) is 1.41. The fraction of sp³-hybridized carbons (Fsp3) is 0.562. The highest BCUT2D eigenvalue weighted by Crippen LogP contribution is 2.20. The SMILES string of the molecule is O=C(O)CC1CCN(CCCc2ccccc2)CC1. The molecule has 19 heavy (non-hydrogen) atoms. The van der Waals surface area contributed by atoms with Crippen LogP contribution in [0.25, 0.3) is 0 Å². The van der Waals surface area contributed by atoms with Crippen LogP contribution in [0.1, 0.15) is 31.2 Å². The van der Waals surface area contributed by atoms with Crippen molar-refractivity contribution in [2.24, 2.45) is 5.92 Å². The number of piperidine rings is 1. The normalized spacial score (nSPS) is 17.5. The molecular formula is C16H23NO2. The number of hydrogen-bond donors (Lipinski definition) is 1. The molecule has 3 heteroatoms. The largest absolute Gasteiger partial charge is 0.481 e. The molecule has 1 aliphatic rings. The number of carboxylic acids is 1. The Kier molecular flexibility index (Phi) is 5.40. The number of likely N-dealkylation sites (tertiary alicyclic amines) is 1. The Balaban J connectivity index is 1.62. The first-order chi connectivity index (χ1) is 9.24. The second-order valence-electron chi connectivity index (χ2n) is 5.47. The van der Waals surface area contributed by atoms with Gasteiger partial charge in [0, 0.05) is 6.42 Å². The van der Waals surface area contributed by atoms with Gasteiger partial charge >= 0.3 is 5.97 Å². The van der Waals surface area contributed by atoms with Gasteiger partial charge in [0.15, 0.2) is 0 Å². The molecule has 1 aromatic carbocycles. The van der Waals surface area contributed by atoms with Gasteiger partial charge in [-0.3, -0.25) is 4.79 Å². The molecule has 1 aromatic rings. The Labute approximate surface area is 115 Å². The summed E-state index contributed by atoms with van der Waals surface area (Å²) in [4.78, 5) is 13.1. The smallest absolute Gasteiger partial charge is 0.303 e. The van der Waals surface area contributed by atoms with Crippen LogP contribution in [0.4, 0.5) is 0 Å². The summed E-state index contributed by atoms with van der Waals surface area (Å²) in [7, 11) is 0. The lowest BCUT2D eigenvalue weighted by Gasteiger charge is -2.31. The van der Waals surface area contributed by atoms with Gasteiger partial charge in [0.05, 0.1) is 0 Å². The molecule has 104 valence electrons. The number of aliphatic carboxylic acids is 1. The van der Waals surface area contributed by atoms with Gasteiger partial charge in [0.1, 0.15) is 0 Å². The molecule has 0 aliphatic carbocycles. The van der Waals surface area contributed by atoms with Gasteiger partial charge in [-0.05, 0) is 56.8 Å². The van der Waals surface area contributed by atoms with E-state index in [9.17, 15) is 4.79 Å². The lowest BCUT2D eigenvalue weighted by atomic mass is 9.93. The third-order valence-corrected chi connectivity index (χ3v) is 3.95. The number of nitrogens with zero attached hydrogens (tertiary/aromatic N) is 1. The van der Waals surface area contributed by atoms with Crippen LogP contribution in [0, 0.1) is 5.92 Å². The minimum atomic E-state index is -0.650. The molecule has 0 bridgehead atoms. The molecule has 0 saturated carbocycles. The predicted octanol–water partition coefficient (Wildman–Crippen LogP) is 2.81. The summed E-state index contributed by atoms with van der Waals surface area (Å²) in [6.07, 6.45) is 4.75. The number of hydrogen-bond acceptors (Lipinski definition) is 2. The van der Waals surface area contributed by atoms with Gasteiger partial charge in [-0.2, -0.15) is 0 Å². The maximum atomic E-state index is 10.7. The van der Waals surface area contributed by atoms with E-state index in [-0.39, 0.29) is 0 Å². The summed E-state index contributed by atoms with van der Waals surface area (Å²) < 4.78 is 0. The second kappa shape index (κ2) is 7.29. The molecule has 1 aliphatic heterocycles. The molecule has 0 atom stereocenters. The zero-order valence-electron chi connectivity index (χ0n) is 11.4. The summed E-state index contributed by atoms with van der Waals surface area (Å²) in [6, 6.07) is 10.6. The van der Waals surface area contributed by atoms with E-state index in [4.69, 9.17) is 5.11 Å². The third kappa shape index (κ3) is 5.03. The quantitative estimate of drug-likeness (QED) is 0.856. The molecule has 0 spiro atoms. The molecule has 0 radical (unpaired) electrons. The Morgan fingerprint density at radius 1 is 1.21 bits per heavy atom. The van der Waals surface area contributed by atoms with Crippen LogP contribution in [0.15, 0.2) is 30.3 Å². The molecular weight excluding hydrogens is 238 g/mol. The van der Waals surface area contributed by atoms with Crippen LogP contribution < -0.4 is 0 Å². The van der Waals surface area contributed by atoms with Gasteiger partial charge < -0.3 is 10.0 Å². The average Bonchev–Trinajstić information content (AvgIpc) is 2.41. The first-order valence-corrected chi connectivity index (χ1v) is 7.22. The van der Waals surface area contributed by atoms with Gasteiger partial charge in [-0.25, -0.2) is 0 Å². The van der Waals surface area contributed by atoms with Gasteiger partial charge in [0.25, 0.3) is 0 Å². The van der Waals surface area contributed by atoms with E-state index >= 15 is 0 Å². The van der Waals surface area contributed by atoms with E-state index in [1.165, 1.54) is 12.0 Å². The first kappa shape index (κ1) is 14.1. The van der Waals surface area contributed by atoms with Gasteiger partial charge in [0.2, 0.25) is 0 Å². The maximum Gasteiger partial charge on any atom is 0.303 e. The predicted molar refractivity (Wildman–Crippen MR) is 76.2 cm³/mol. The van der Waals surface area contributed by atoms with Gasteiger partial charge in [-0.1, -0.05) is 30.3 Å². The highest BCUT2D eigenvalue weighted by atomic mass is 16.4. The van der Waals surface area contributed by atoms with Crippen LogP contribution in [0.2, 0.25) is 0 Å².